The molecule has 0 saturated heterocycles. The van der Waals surface area contributed by atoms with Gasteiger partial charge >= 0.3 is 0 Å². The molecule has 0 fully saturated rings. The maximum absolute atomic E-state index is 5.69. The highest BCUT2D eigenvalue weighted by Gasteiger charge is 2.02. The Labute approximate surface area is 81.3 Å². The van der Waals surface area contributed by atoms with E-state index in [1.807, 2.05) is 12.1 Å². The summed E-state index contributed by atoms with van der Waals surface area (Å²) in [6, 6.07) is 3.68. The molecule has 0 spiro atoms. The molecule has 1 rings (SSSR count). The van der Waals surface area contributed by atoms with Crippen molar-refractivity contribution in [1.29, 1.82) is 0 Å². The van der Waals surface area contributed by atoms with E-state index in [2.05, 4.69) is 6.58 Å². The molecular weight excluding hydrogens is 201 g/mol. The van der Waals surface area contributed by atoms with Crippen LogP contribution in [0.5, 0.6) is 0 Å². The van der Waals surface area contributed by atoms with Gasteiger partial charge in [0.1, 0.15) is 0 Å². The highest BCUT2D eigenvalue weighted by atomic mass is 35.5. The molecule has 0 aliphatic rings. The lowest BCUT2D eigenvalue weighted by molar-refractivity contribution is 0.940. The molecule has 0 radical (unpaired) electrons. The lowest BCUT2D eigenvalue weighted by Gasteiger charge is -1.98. The predicted octanol–water partition coefficient (Wildman–Crippen LogP) is 3.01. The molecule has 0 bridgehead atoms. The van der Waals surface area contributed by atoms with Crippen LogP contribution >= 0.6 is 35.3 Å². The molecule has 1 aromatic heterocycles. The molecule has 1 nitrogen and oxygen atoms in total. The Bertz CT molecular complexity index is 234. The van der Waals surface area contributed by atoms with E-state index in [1.165, 1.54) is 11.3 Å². The summed E-state index contributed by atoms with van der Waals surface area (Å²) in [4.78, 5) is 1.06. The van der Waals surface area contributed by atoms with Crippen LogP contribution in [0.4, 0.5) is 0 Å². The second kappa shape index (κ2) is 4.78. The van der Waals surface area contributed by atoms with Crippen molar-refractivity contribution in [2.24, 2.45) is 5.73 Å². The van der Waals surface area contributed by atoms with E-state index in [9.17, 15) is 0 Å². The zero-order valence-electron chi connectivity index (χ0n) is 5.79. The first-order valence-electron chi connectivity index (χ1n) is 2.87. The number of rotatable bonds is 2. The Morgan fingerprint density at radius 1 is 1.64 bits per heavy atom. The topological polar surface area (TPSA) is 26.0 Å². The number of hydrogen-bond donors (Lipinski definition) is 1. The van der Waals surface area contributed by atoms with Crippen molar-refractivity contribution >= 4 is 35.3 Å². The van der Waals surface area contributed by atoms with E-state index in [-0.39, 0.29) is 18.4 Å². The van der Waals surface area contributed by atoms with Crippen LogP contribution in [0.2, 0.25) is 4.34 Å². The van der Waals surface area contributed by atoms with Gasteiger partial charge in [0.25, 0.3) is 0 Å². The van der Waals surface area contributed by atoms with Crippen LogP contribution in [0, 0.1) is 0 Å². The quantitative estimate of drug-likeness (QED) is 0.746. The van der Waals surface area contributed by atoms with Gasteiger partial charge in [-0.3, -0.25) is 0 Å². The van der Waals surface area contributed by atoms with Gasteiger partial charge < -0.3 is 5.73 Å². The average Bonchev–Trinajstić information content (AvgIpc) is 2.34. The van der Waals surface area contributed by atoms with Crippen LogP contribution < -0.4 is 5.73 Å². The standard InChI is InChI=1S/C7H8ClNS.ClH/c1-2-5(9)6-3-4-7(8)10-6;/h2-5H,1,9H2;1H/t5-;/m1./s1. The maximum atomic E-state index is 5.69. The van der Waals surface area contributed by atoms with E-state index >= 15 is 0 Å². The molecular formula is C7H9Cl2NS. The summed E-state index contributed by atoms with van der Waals surface area (Å²) in [5.41, 5.74) is 5.64. The first-order chi connectivity index (χ1) is 4.74. The van der Waals surface area contributed by atoms with Crippen molar-refractivity contribution < 1.29 is 0 Å². The van der Waals surface area contributed by atoms with E-state index in [4.69, 9.17) is 17.3 Å². The third-order valence-corrected chi connectivity index (χ3v) is 2.51. The molecule has 0 unspecified atom stereocenters. The molecule has 0 amide bonds. The Morgan fingerprint density at radius 3 is 2.64 bits per heavy atom. The van der Waals surface area contributed by atoms with Crippen LogP contribution in [0.15, 0.2) is 24.8 Å². The van der Waals surface area contributed by atoms with Crippen molar-refractivity contribution in [2.75, 3.05) is 0 Å². The Balaban J connectivity index is 0.000001000. The first kappa shape index (κ1) is 11.0. The fourth-order valence-electron chi connectivity index (χ4n) is 0.624. The average molecular weight is 210 g/mol. The minimum Gasteiger partial charge on any atom is -0.320 e. The third kappa shape index (κ3) is 2.83. The van der Waals surface area contributed by atoms with Gasteiger partial charge in [0.15, 0.2) is 0 Å². The molecule has 0 saturated carbocycles. The number of halogens is 2. The highest BCUT2D eigenvalue weighted by molar-refractivity contribution is 7.16. The van der Waals surface area contributed by atoms with Crippen molar-refractivity contribution in [2.45, 2.75) is 6.04 Å². The van der Waals surface area contributed by atoms with Crippen LogP contribution in [0.1, 0.15) is 10.9 Å². The summed E-state index contributed by atoms with van der Waals surface area (Å²) in [6.07, 6.45) is 1.70. The number of hydrogen-bond acceptors (Lipinski definition) is 2. The minimum atomic E-state index is -0.0718. The fourth-order valence-corrected chi connectivity index (χ4v) is 1.68. The fraction of sp³-hybridized carbons (Fsp3) is 0.143. The van der Waals surface area contributed by atoms with Gasteiger partial charge in [0.2, 0.25) is 0 Å². The van der Waals surface area contributed by atoms with Crippen molar-refractivity contribution in [3.63, 3.8) is 0 Å². The smallest absolute Gasteiger partial charge is 0.0931 e. The minimum absolute atomic E-state index is 0. The van der Waals surface area contributed by atoms with Gasteiger partial charge in [-0.15, -0.1) is 30.3 Å². The molecule has 1 aromatic rings. The van der Waals surface area contributed by atoms with Crippen LogP contribution in [0.25, 0.3) is 0 Å². The van der Waals surface area contributed by atoms with Gasteiger partial charge in [-0.2, -0.15) is 0 Å². The van der Waals surface area contributed by atoms with Gasteiger partial charge in [0.05, 0.1) is 10.4 Å². The number of thiophene rings is 1. The highest BCUT2D eigenvalue weighted by Crippen LogP contribution is 2.25. The lowest BCUT2D eigenvalue weighted by Crippen LogP contribution is -2.03. The molecule has 2 N–H and O–H groups in total. The van der Waals surface area contributed by atoms with Gasteiger partial charge in [-0.1, -0.05) is 17.7 Å². The van der Waals surface area contributed by atoms with Crippen molar-refractivity contribution in [3.8, 4) is 0 Å². The second-order valence-electron chi connectivity index (χ2n) is 1.90. The van der Waals surface area contributed by atoms with E-state index < -0.39 is 0 Å². The first-order valence-corrected chi connectivity index (χ1v) is 4.07. The van der Waals surface area contributed by atoms with Crippen LogP contribution in [-0.4, -0.2) is 0 Å². The van der Waals surface area contributed by atoms with Crippen LogP contribution in [0.3, 0.4) is 0 Å². The Kier molecular flexibility index (Phi) is 4.77. The monoisotopic (exact) mass is 209 g/mol. The Hall–Kier alpha value is -0.0200. The summed E-state index contributed by atoms with van der Waals surface area (Å²) >= 11 is 7.18. The molecule has 1 atom stereocenters. The van der Waals surface area contributed by atoms with Crippen molar-refractivity contribution in [3.05, 3.63) is 34.0 Å². The summed E-state index contributed by atoms with van der Waals surface area (Å²) in [7, 11) is 0. The molecule has 1 heterocycles. The Morgan fingerprint density at radius 2 is 2.27 bits per heavy atom. The zero-order chi connectivity index (χ0) is 7.56. The summed E-state index contributed by atoms with van der Waals surface area (Å²) in [6.45, 7) is 3.58. The molecule has 62 valence electrons. The van der Waals surface area contributed by atoms with Gasteiger partial charge in [0, 0.05) is 4.88 Å². The predicted molar refractivity (Wildman–Crippen MR) is 53.7 cm³/mol. The van der Waals surface area contributed by atoms with Crippen molar-refractivity contribution in [1.82, 2.24) is 0 Å². The molecule has 4 heteroatoms. The van der Waals surface area contributed by atoms with Gasteiger partial charge in [-0.25, -0.2) is 0 Å². The van der Waals surface area contributed by atoms with Gasteiger partial charge in [-0.05, 0) is 12.1 Å². The zero-order valence-corrected chi connectivity index (χ0v) is 8.18. The second-order valence-corrected chi connectivity index (χ2v) is 3.65. The van der Waals surface area contributed by atoms with E-state index in [0.717, 1.165) is 9.21 Å². The van der Waals surface area contributed by atoms with Crippen LogP contribution in [-0.2, 0) is 0 Å². The van der Waals surface area contributed by atoms with E-state index in [0.29, 0.717) is 0 Å². The molecule has 0 aromatic carbocycles. The normalized spacial score (nSPS) is 11.8. The molecule has 11 heavy (non-hydrogen) atoms. The maximum Gasteiger partial charge on any atom is 0.0931 e. The molecule has 0 aliphatic heterocycles. The van der Waals surface area contributed by atoms with E-state index in [1.54, 1.807) is 6.08 Å². The molecule has 0 aliphatic carbocycles. The lowest BCUT2D eigenvalue weighted by atomic mass is 10.2. The largest absolute Gasteiger partial charge is 0.320 e. The summed E-state index contributed by atoms with van der Waals surface area (Å²) < 4.78 is 0.771. The summed E-state index contributed by atoms with van der Waals surface area (Å²) in [5.74, 6) is 0. The third-order valence-electron chi connectivity index (χ3n) is 1.18. The SMILES string of the molecule is C=C[C@@H](N)c1ccc(Cl)s1.Cl. The number of nitrogens with two attached hydrogens (primary N) is 1. The summed E-state index contributed by atoms with van der Waals surface area (Å²) in [5, 5.41) is 0.